The Bertz CT molecular complexity index is 478. The van der Waals surface area contributed by atoms with Gasteiger partial charge in [-0.3, -0.25) is 9.59 Å². The van der Waals surface area contributed by atoms with Crippen molar-refractivity contribution in [1.82, 2.24) is 5.32 Å². The number of carbonyl (C=O) groups is 3. The summed E-state index contributed by atoms with van der Waals surface area (Å²) in [6.07, 6.45) is 0. The van der Waals surface area contributed by atoms with Gasteiger partial charge in [0.05, 0.1) is 9.75 Å². The number of carboxylic acid groups (broad SMARTS) is 1. The molecule has 0 spiro atoms. The highest BCUT2D eigenvalue weighted by atomic mass is 32.1. The van der Waals surface area contributed by atoms with Crippen molar-refractivity contribution >= 4 is 29.0 Å². The van der Waals surface area contributed by atoms with Gasteiger partial charge in [-0.2, -0.15) is 0 Å². The van der Waals surface area contributed by atoms with Gasteiger partial charge in [-0.15, -0.1) is 11.3 Å². The molecule has 2 N–H and O–H groups in total. The zero-order valence-electron chi connectivity index (χ0n) is 10.4. The van der Waals surface area contributed by atoms with Gasteiger partial charge in [0, 0.05) is 0 Å². The summed E-state index contributed by atoms with van der Waals surface area (Å²) < 4.78 is 0. The molecule has 0 aliphatic carbocycles. The van der Waals surface area contributed by atoms with Gasteiger partial charge in [0.1, 0.15) is 6.04 Å². The highest BCUT2D eigenvalue weighted by molar-refractivity contribution is 7.15. The van der Waals surface area contributed by atoms with Gasteiger partial charge in [0.15, 0.2) is 5.78 Å². The lowest BCUT2D eigenvalue weighted by Crippen LogP contribution is -2.44. The van der Waals surface area contributed by atoms with E-state index in [1.54, 1.807) is 19.9 Å². The van der Waals surface area contributed by atoms with E-state index in [9.17, 15) is 14.4 Å². The number of nitrogens with one attached hydrogen (secondary N) is 1. The summed E-state index contributed by atoms with van der Waals surface area (Å²) in [7, 11) is 0. The first-order valence-corrected chi connectivity index (χ1v) is 6.29. The number of Topliss-reactive ketones (excluding diaryl/α,β-unsaturated/α-hetero) is 1. The molecule has 98 valence electrons. The lowest BCUT2D eigenvalue weighted by atomic mass is 10.0. The molecule has 1 rings (SSSR count). The normalized spacial score (nSPS) is 12.2. The predicted molar refractivity (Wildman–Crippen MR) is 68.1 cm³/mol. The summed E-state index contributed by atoms with van der Waals surface area (Å²) in [5.41, 5.74) is 0. The standard InChI is InChI=1S/C12H15NO4S/c1-6(2)10(12(16)17)13-11(15)9-5-4-8(18-9)7(3)14/h4-6,10H,1-3H3,(H,13,15)(H,16,17)/t10-/m0/s1. The molecule has 5 nitrogen and oxygen atoms in total. The molecule has 0 aliphatic heterocycles. The molecule has 0 saturated carbocycles. The third kappa shape index (κ3) is 3.40. The van der Waals surface area contributed by atoms with E-state index >= 15 is 0 Å². The Balaban J connectivity index is 2.80. The molecule has 1 atom stereocenters. The second-order valence-electron chi connectivity index (χ2n) is 4.25. The SMILES string of the molecule is CC(=O)c1ccc(C(=O)N[C@H](C(=O)O)C(C)C)s1. The maximum Gasteiger partial charge on any atom is 0.326 e. The number of carboxylic acids is 1. The molecule has 0 unspecified atom stereocenters. The monoisotopic (exact) mass is 269 g/mol. The summed E-state index contributed by atoms with van der Waals surface area (Å²) in [6, 6.07) is 2.16. The Hall–Kier alpha value is -1.69. The van der Waals surface area contributed by atoms with Gasteiger partial charge in [-0.25, -0.2) is 4.79 Å². The highest BCUT2D eigenvalue weighted by Crippen LogP contribution is 2.17. The fourth-order valence-corrected chi connectivity index (χ4v) is 2.18. The van der Waals surface area contributed by atoms with Gasteiger partial charge in [0.2, 0.25) is 0 Å². The van der Waals surface area contributed by atoms with E-state index in [1.165, 1.54) is 13.0 Å². The van der Waals surface area contributed by atoms with Crippen LogP contribution in [0, 0.1) is 5.92 Å². The van der Waals surface area contributed by atoms with Crippen LogP contribution < -0.4 is 5.32 Å². The minimum Gasteiger partial charge on any atom is -0.480 e. The molecule has 1 aromatic rings. The van der Waals surface area contributed by atoms with Crippen molar-refractivity contribution < 1.29 is 19.5 Å². The molecule has 1 aromatic heterocycles. The summed E-state index contributed by atoms with van der Waals surface area (Å²) >= 11 is 1.06. The maximum atomic E-state index is 11.8. The minimum atomic E-state index is -1.07. The highest BCUT2D eigenvalue weighted by Gasteiger charge is 2.24. The van der Waals surface area contributed by atoms with Crippen LogP contribution in [0.3, 0.4) is 0 Å². The van der Waals surface area contributed by atoms with Crippen molar-refractivity contribution in [3.05, 3.63) is 21.9 Å². The molecule has 18 heavy (non-hydrogen) atoms. The lowest BCUT2D eigenvalue weighted by Gasteiger charge is -2.17. The van der Waals surface area contributed by atoms with E-state index in [0.29, 0.717) is 9.75 Å². The van der Waals surface area contributed by atoms with Gasteiger partial charge < -0.3 is 10.4 Å². The largest absolute Gasteiger partial charge is 0.480 e. The molecular weight excluding hydrogens is 254 g/mol. The van der Waals surface area contributed by atoms with Crippen LogP contribution >= 0.6 is 11.3 Å². The minimum absolute atomic E-state index is 0.113. The first-order valence-electron chi connectivity index (χ1n) is 5.47. The van der Waals surface area contributed by atoms with E-state index in [4.69, 9.17) is 5.11 Å². The Labute approximate surface area is 109 Å². The zero-order chi connectivity index (χ0) is 13.9. The van der Waals surface area contributed by atoms with E-state index < -0.39 is 17.9 Å². The Morgan fingerprint density at radius 2 is 1.78 bits per heavy atom. The molecule has 0 aliphatic rings. The quantitative estimate of drug-likeness (QED) is 0.798. The van der Waals surface area contributed by atoms with Crippen LogP contribution in [0.15, 0.2) is 12.1 Å². The van der Waals surface area contributed by atoms with E-state index in [-0.39, 0.29) is 11.7 Å². The Morgan fingerprint density at radius 1 is 1.22 bits per heavy atom. The van der Waals surface area contributed by atoms with Crippen LogP contribution in [0.4, 0.5) is 0 Å². The average molecular weight is 269 g/mol. The number of rotatable bonds is 5. The van der Waals surface area contributed by atoms with Crippen LogP contribution in [0.1, 0.15) is 40.1 Å². The van der Waals surface area contributed by atoms with E-state index in [0.717, 1.165) is 11.3 Å². The number of hydrogen-bond acceptors (Lipinski definition) is 4. The second kappa shape index (κ2) is 5.77. The van der Waals surface area contributed by atoms with Crippen molar-refractivity contribution in [1.29, 1.82) is 0 Å². The summed E-state index contributed by atoms with van der Waals surface area (Å²) in [6.45, 7) is 4.85. The van der Waals surface area contributed by atoms with Crippen LogP contribution in [0.5, 0.6) is 0 Å². The van der Waals surface area contributed by atoms with E-state index in [1.807, 2.05) is 0 Å². The third-order valence-corrected chi connectivity index (χ3v) is 3.58. The Kier molecular flexibility index (Phi) is 4.61. The van der Waals surface area contributed by atoms with Crippen molar-refractivity contribution in [3.63, 3.8) is 0 Å². The van der Waals surface area contributed by atoms with Crippen LogP contribution in [0.25, 0.3) is 0 Å². The topological polar surface area (TPSA) is 83.5 Å². The third-order valence-electron chi connectivity index (χ3n) is 2.40. The van der Waals surface area contributed by atoms with Gasteiger partial charge in [-0.05, 0) is 25.0 Å². The molecule has 0 saturated heterocycles. The molecular formula is C12H15NO4S. The Morgan fingerprint density at radius 3 is 2.17 bits per heavy atom. The zero-order valence-corrected chi connectivity index (χ0v) is 11.2. The van der Waals surface area contributed by atoms with Crippen LogP contribution in [-0.4, -0.2) is 28.8 Å². The summed E-state index contributed by atoms with van der Waals surface area (Å²) in [4.78, 5) is 34.7. The van der Waals surface area contributed by atoms with Gasteiger partial charge >= 0.3 is 5.97 Å². The molecule has 0 aromatic carbocycles. The molecule has 1 heterocycles. The van der Waals surface area contributed by atoms with Crippen molar-refractivity contribution in [2.45, 2.75) is 26.8 Å². The average Bonchev–Trinajstić information content (AvgIpc) is 2.73. The fraction of sp³-hybridized carbons (Fsp3) is 0.417. The number of carbonyl (C=O) groups excluding carboxylic acids is 2. The van der Waals surface area contributed by atoms with Crippen LogP contribution in [-0.2, 0) is 4.79 Å². The summed E-state index contributed by atoms with van der Waals surface area (Å²) in [5.74, 6) is -1.85. The van der Waals surface area contributed by atoms with Gasteiger partial charge in [0.25, 0.3) is 5.91 Å². The molecule has 0 bridgehead atoms. The van der Waals surface area contributed by atoms with Crippen molar-refractivity contribution in [2.75, 3.05) is 0 Å². The second-order valence-corrected chi connectivity index (χ2v) is 5.34. The number of hydrogen-bond donors (Lipinski definition) is 2. The van der Waals surface area contributed by atoms with E-state index in [2.05, 4.69) is 5.32 Å². The fourth-order valence-electron chi connectivity index (χ4n) is 1.38. The maximum absolute atomic E-state index is 11.8. The first kappa shape index (κ1) is 14.4. The molecule has 0 radical (unpaired) electrons. The molecule has 6 heteroatoms. The number of aliphatic carboxylic acids is 1. The molecule has 1 amide bonds. The van der Waals surface area contributed by atoms with Crippen molar-refractivity contribution in [2.24, 2.45) is 5.92 Å². The lowest BCUT2D eigenvalue weighted by molar-refractivity contribution is -0.140. The summed E-state index contributed by atoms with van der Waals surface area (Å²) in [5, 5.41) is 11.4. The van der Waals surface area contributed by atoms with Crippen LogP contribution in [0.2, 0.25) is 0 Å². The molecule has 0 fully saturated rings. The smallest absolute Gasteiger partial charge is 0.326 e. The number of amides is 1. The number of ketones is 1. The van der Waals surface area contributed by atoms with Crippen molar-refractivity contribution in [3.8, 4) is 0 Å². The predicted octanol–water partition coefficient (Wildman–Crippen LogP) is 1.79. The number of thiophene rings is 1. The van der Waals surface area contributed by atoms with Gasteiger partial charge in [-0.1, -0.05) is 13.8 Å². The first-order chi connectivity index (χ1) is 8.32.